The number of hydrogen-bond donors (Lipinski definition) is 2. The molecular formula is C12H14N4OS. The molecule has 94 valence electrons. The minimum absolute atomic E-state index is 0.103. The van der Waals surface area contributed by atoms with E-state index in [1.54, 1.807) is 6.92 Å². The zero-order chi connectivity index (χ0) is 13.0. The van der Waals surface area contributed by atoms with Crippen molar-refractivity contribution in [1.82, 2.24) is 9.36 Å². The van der Waals surface area contributed by atoms with Crippen LogP contribution in [-0.4, -0.2) is 21.3 Å². The Morgan fingerprint density at radius 3 is 2.67 bits per heavy atom. The van der Waals surface area contributed by atoms with E-state index in [0.29, 0.717) is 11.0 Å². The molecule has 1 unspecified atom stereocenters. The summed E-state index contributed by atoms with van der Waals surface area (Å²) in [6, 6.07) is 8.99. The lowest BCUT2D eigenvalue weighted by atomic mass is 10.3. The Morgan fingerprint density at radius 2 is 2.06 bits per heavy atom. The van der Waals surface area contributed by atoms with Gasteiger partial charge in [0.15, 0.2) is 0 Å². The summed E-state index contributed by atoms with van der Waals surface area (Å²) < 4.78 is 4.05. The van der Waals surface area contributed by atoms with Crippen LogP contribution >= 0.6 is 11.5 Å². The highest BCUT2D eigenvalue weighted by Gasteiger charge is 2.14. The molecule has 2 aromatic rings. The Kier molecular flexibility index (Phi) is 3.88. The van der Waals surface area contributed by atoms with Gasteiger partial charge in [-0.3, -0.25) is 4.79 Å². The summed E-state index contributed by atoms with van der Waals surface area (Å²) in [4.78, 5) is 16.1. The van der Waals surface area contributed by atoms with Crippen LogP contribution < -0.4 is 10.6 Å². The second kappa shape index (κ2) is 5.59. The zero-order valence-electron chi connectivity index (χ0n) is 10.2. The Bertz CT molecular complexity index is 526. The number of anilines is 2. The van der Waals surface area contributed by atoms with E-state index in [0.717, 1.165) is 5.69 Å². The first-order chi connectivity index (χ1) is 8.65. The summed E-state index contributed by atoms with van der Waals surface area (Å²) in [5.41, 5.74) is 0.782. The molecule has 0 bridgehead atoms. The third kappa shape index (κ3) is 3.27. The Balaban J connectivity index is 1.93. The minimum Gasteiger partial charge on any atom is -0.349 e. The molecule has 1 atom stereocenters. The molecule has 0 spiro atoms. The molecule has 1 amide bonds. The molecule has 1 heterocycles. The molecule has 0 fully saturated rings. The topological polar surface area (TPSA) is 66.9 Å². The lowest BCUT2D eigenvalue weighted by molar-refractivity contribution is -0.116. The van der Waals surface area contributed by atoms with Crippen molar-refractivity contribution in [1.29, 1.82) is 0 Å². The van der Waals surface area contributed by atoms with Gasteiger partial charge in [0.2, 0.25) is 11.0 Å². The fraction of sp³-hybridized carbons (Fsp3) is 0.250. The van der Waals surface area contributed by atoms with Crippen molar-refractivity contribution in [2.45, 2.75) is 19.9 Å². The molecule has 18 heavy (non-hydrogen) atoms. The van der Waals surface area contributed by atoms with Gasteiger partial charge in [0.05, 0.1) is 0 Å². The van der Waals surface area contributed by atoms with Crippen molar-refractivity contribution in [2.75, 3.05) is 10.6 Å². The van der Waals surface area contributed by atoms with E-state index < -0.39 is 0 Å². The fourth-order valence-electron chi connectivity index (χ4n) is 1.38. The van der Waals surface area contributed by atoms with Crippen LogP contribution in [0.25, 0.3) is 0 Å². The SMILES string of the molecule is Cc1nsc(NC(C)C(=O)Nc2ccccc2)n1. The summed E-state index contributed by atoms with van der Waals surface area (Å²) in [5, 5.41) is 6.50. The number of hydrogen-bond acceptors (Lipinski definition) is 5. The first-order valence-electron chi connectivity index (χ1n) is 5.58. The van der Waals surface area contributed by atoms with E-state index in [1.165, 1.54) is 11.5 Å². The van der Waals surface area contributed by atoms with Gasteiger partial charge in [0.1, 0.15) is 11.9 Å². The van der Waals surface area contributed by atoms with Crippen LogP contribution in [0.1, 0.15) is 12.7 Å². The normalized spacial score (nSPS) is 11.9. The first-order valence-corrected chi connectivity index (χ1v) is 6.35. The van der Waals surface area contributed by atoms with Gasteiger partial charge in [-0.15, -0.1) is 0 Å². The molecule has 0 saturated carbocycles. The van der Waals surface area contributed by atoms with E-state index in [2.05, 4.69) is 20.0 Å². The van der Waals surface area contributed by atoms with Crippen LogP contribution in [-0.2, 0) is 4.79 Å². The summed E-state index contributed by atoms with van der Waals surface area (Å²) in [7, 11) is 0. The predicted molar refractivity (Wildman–Crippen MR) is 72.8 cm³/mol. The van der Waals surface area contributed by atoms with Crippen molar-refractivity contribution in [3.8, 4) is 0 Å². The van der Waals surface area contributed by atoms with Crippen molar-refractivity contribution in [3.05, 3.63) is 36.2 Å². The fourth-order valence-corrected chi connectivity index (χ4v) is 2.04. The van der Waals surface area contributed by atoms with Gasteiger partial charge < -0.3 is 10.6 Å². The summed E-state index contributed by atoms with van der Waals surface area (Å²) in [5.74, 6) is 0.604. The number of para-hydroxylation sites is 1. The highest BCUT2D eigenvalue weighted by molar-refractivity contribution is 7.09. The van der Waals surface area contributed by atoms with Crippen LogP contribution in [0, 0.1) is 6.92 Å². The smallest absolute Gasteiger partial charge is 0.246 e. The Morgan fingerprint density at radius 1 is 1.33 bits per heavy atom. The molecule has 2 rings (SSSR count). The van der Waals surface area contributed by atoms with Crippen LogP contribution in [0.5, 0.6) is 0 Å². The number of amides is 1. The number of carbonyl (C=O) groups is 1. The molecule has 0 saturated heterocycles. The highest BCUT2D eigenvalue weighted by Crippen LogP contribution is 2.12. The van der Waals surface area contributed by atoms with Crippen LogP contribution in [0.4, 0.5) is 10.8 Å². The molecule has 2 N–H and O–H groups in total. The average molecular weight is 262 g/mol. The van der Waals surface area contributed by atoms with Crippen molar-refractivity contribution in [3.63, 3.8) is 0 Å². The molecule has 0 radical (unpaired) electrons. The van der Waals surface area contributed by atoms with Crippen molar-refractivity contribution < 1.29 is 4.79 Å². The van der Waals surface area contributed by atoms with Crippen molar-refractivity contribution in [2.24, 2.45) is 0 Å². The standard InChI is InChI=1S/C12H14N4OS/c1-8(13-12-14-9(2)16-18-12)11(17)15-10-6-4-3-5-7-10/h3-8H,1-2H3,(H,15,17)(H,13,14,16). The third-order valence-corrected chi connectivity index (χ3v) is 3.04. The maximum absolute atomic E-state index is 11.9. The van der Waals surface area contributed by atoms with Gasteiger partial charge in [-0.1, -0.05) is 18.2 Å². The molecule has 0 aliphatic heterocycles. The van der Waals surface area contributed by atoms with E-state index in [9.17, 15) is 4.79 Å². The summed E-state index contributed by atoms with van der Waals surface area (Å²) >= 11 is 1.25. The maximum atomic E-state index is 11.9. The van der Waals surface area contributed by atoms with Gasteiger partial charge in [0.25, 0.3) is 0 Å². The minimum atomic E-state index is -0.363. The van der Waals surface area contributed by atoms with Gasteiger partial charge in [-0.05, 0) is 26.0 Å². The van der Waals surface area contributed by atoms with Crippen LogP contribution in [0.3, 0.4) is 0 Å². The summed E-state index contributed by atoms with van der Waals surface area (Å²) in [6.45, 7) is 3.60. The molecule has 1 aromatic heterocycles. The first kappa shape index (κ1) is 12.5. The number of aryl methyl sites for hydroxylation is 1. The lowest BCUT2D eigenvalue weighted by Crippen LogP contribution is -2.31. The Labute approximate surface area is 109 Å². The maximum Gasteiger partial charge on any atom is 0.246 e. The van der Waals surface area contributed by atoms with Gasteiger partial charge in [-0.2, -0.15) is 4.37 Å². The molecule has 6 heteroatoms. The van der Waals surface area contributed by atoms with E-state index in [1.807, 2.05) is 37.3 Å². The van der Waals surface area contributed by atoms with Gasteiger partial charge in [-0.25, -0.2) is 4.98 Å². The largest absolute Gasteiger partial charge is 0.349 e. The number of nitrogens with one attached hydrogen (secondary N) is 2. The quantitative estimate of drug-likeness (QED) is 0.887. The third-order valence-electron chi connectivity index (χ3n) is 2.30. The van der Waals surface area contributed by atoms with Gasteiger partial charge >= 0.3 is 0 Å². The molecule has 5 nitrogen and oxygen atoms in total. The van der Waals surface area contributed by atoms with Gasteiger partial charge in [0, 0.05) is 17.2 Å². The molecule has 1 aromatic carbocycles. The van der Waals surface area contributed by atoms with Crippen molar-refractivity contribution >= 4 is 28.3 Å². The predicted octanol–water partition coefficient (Wildman–Crippen LogP) is 2.29. The molecule has 0 aliphatic carbocycles. The van der Waals surface area contributed by atoms with E-state index in [-0.39, 0.29) is 11.9 Å². The highest BCUT2D eigenvalue weighted by atomic mass is 32.1. The van der Waals surface area contributed by atoms with Crippen LogP contribution in [0.15, 0.2) is 30.3 Å². The second-order valence-electron chi connectivity index (χ2n) is 3.87. The number of nitrogens with zero attached hydrogens (tertiary/aromatic N) is 2. The number of aromatic nitrogens is 2. The average Bonchev–Trinajstić information content (AvgIpc) is 2.76. The number of carbonyl (C=O) groups excluding carboxylic acids is 1. The lowest BCUT2D eigenvalue weighted by Gasteiger charge is -2.12. The van der Waals surface area contributed by atoms with E-state index >= 15 is 0 Å². The molecule has 0 aliphatic rings. The monoisotopic (exact) mass is 262 g/mol. The number of benzene rings is 1. The second-order valence-corrected chi connectivity index (χ2v) is 4.62. The Hall–Kier alpha value is -1.95. The zero-order valence-corrected chi connectivity index (χ0v) is 11.0. The summed E-state index contributed by atoms with van der Waals surface area (Å²) in [6.07, 6.45) is 0. The van der Waals surface area contributed by atoms with E-state index in [4.69, 9.17) is 0 Å². The number of rotatable bonds is 4. The molecular weight excluding hydrogens is 248 g/mol. The van der Waals surface area contributed by atoms with Crippen LogP contribution in [0.2, 0.25) is 0 Å².